The largest absolute Gasteiger partial charge is 0.468 e. The van der Waals surface area contributed by atoms with Gasteiger partial charge in [-0.25, -0.2) is 14.4 Å². The molecular weight excluding hydrogens is 239 g/mol. The molecule has 0 aliphatic carbocycles. The third kappa shape index (κ3) is 2.70. The van der Waals surface area contributed by atoms with Gasteiger partial charge in [-0.15, -0.1) is 0 Å². The fourth-order valence-electron chi connectivity index (χ4n) is 0.967. The summed E-state index contributed by atoms with van der Waals surface area (Å²) in [6.07, 6.45) is 2.62. The van der Waals surface area contributed by atoms with E-state index in [2.05, 4.69) is 9.97 Å². The first-order chi connectivity index (χ1) is 7.25. The second-order valence-electron chi connectivity index (χ2n) is 2.66. The highest BCUT2D eigenvalue weighted by molar-refractivity contribution is 7.98. The van der Waals surface area contributed by atoms with Gasteiger partial charge in [-0.05, 0) is 23.7 Å². The van der Waals surface area contributed by atoms with E-state index in [9.17, 15) is 4.39 Å². The van der Waals surface area contributed by atoms with Crippen molar-refractivity contribution in [2.24, 2.45) is 0 Å². The smallest absolute Gasteiger partial charge is 0.223 e. The Morgan fingerprint density at radius 2 is 2.40 bits per heavy atom. The van der Waals surface area contributed by atoms with Gasteiger partial charge in [0.15, 0.2) is 5.82 Å². The van der Waals surface area contributed by atoms with E-state index >= 15 is 0 Å². The Bertz CT molecular complexity index is 449. The van der Waals surface area contributed by atoms with Crippen LogP contribution in [0, 0.1) is 5.82 Å². The fraction of sp³-hybridized carbons (Fsp3) is 0.111. The van der Waals surface area contributed by atoms with Crippen LogP contribution >= 0.6 is 23.4 Å². The van der Waals surface area contributed by atoms with Crippen LogP contribution in [0.15, 0.2) is 34.0 Å². The van der Waals surface area contributed by atoms with Crippen LogP contribution in [0.1, 0.15) is 5.76 Å². The highest BCUT2D eigenvalue weighted by Crippen LogP contribution is 2.24. The van der Waals surface area contributed by atoms with E-state index in [1.165, 1.54) is 11.8 Å². The first kappa shape index (κ1) is 10.4. The molecule has 0 amide bonds. The minimum absolute atomic E-state index is 0.0401. The van der Waals surface area contributed by atoms with Crippen LogP contribution in [0.5, 0.6) is 0 Å². The van der Waals surface area contributed by atoms with Gasteiger partial charge in [-0.2, -0.15) is 0 Å². The molecule has 0 saturated carbocycles. The molecule has 2 aromatic heterocycles. The maximum atomic E-state index is 13.2. The van der Waals surface area contributed by atoms with Crippen LogP contribution in [0.3, 0.4) is 0 Å². The highest BCUT2D eigenvalue weighted by atomic mass is 35.5. The molecule has 3 nitrogen and oxygen atoms in total. The number of hydrogen-bond donors (Lipinski definition) is 0. The first-order valence-corrected chi connectivity index (χ1v) is 5.45. The normalized spacial score (nSPS) is 10.5. The van der Waals surface area contributed by atoms with E-state index in [4.69, 9.17) is 16.0 Å². The standard InChI is InChI=1S/C9H6ClFN2OS/c10-9-12-4-7(11)8(13-9)15-5-6-2-1-3-14-6/h1-4H,5H2. The minimum atomic E-state index is -0.476. The van der Waals surface area contributed by atoms with Gasteiger partial charge in [-0.3, -0.25) is 0 Å². The van der Waals surface area contributed by atoms with Gasteiger partial charge in [0, 0.05) is 0 Å². The van der Waals surface area contributed by atoms with Gasteiger partial charge in [0.25, 0.3) is 0 Å². The van der Waals surface area contributed by atoms with Crippen molar-refractivity contribution < 1.29 is 8.81 Å². The van der Waals surface area contributed by atoms with Gasteiger partial charge in [0.05, 0.1) is 18.2 Å². The Morgan fingerprint density at radius 1 is 1.53 bits per heavy atom. The Kier molecular flexibility index (Phi) is 3.23. The van der Waals surface area contributed by atoms with Gasteiger partial charge in [0.1, 0.15) is 10.8 Å². The number of rotatable bonds is 3. The molecule has 0 atom stereocenters. The van der Waals surface area contributed by atoms with E-state index in [-0.39, 0.29) is 10.3 Å². The lowest BCUT2D eigenvalue weighted by Gasteiger charge is -1.99. The summed E-state index contributed by atoms with van der Waals surface area (Å²) in [5.74, 6) is 0.794. The molecule has 15 heavy (non-hydrogen) atoms. The van der Waals surface area contributed by atoms with Gasteiger partial charge < -0.3 is 4.42 Å². The molecule has 0 fully saturated rings. The fourth-order valence-corrected chi connectivity index (χ4v) is 1.93. The predicted molar refractivity (Wildman–Crippen MR) is 55.3 cm³/mol. The third-order valence-electron chi connectivity index (χ3n) is 1.61. The zero-order valence-electron chi connectivity index (χ0n) is 7.48. The summed E-state index contributed by atoms with van der Waals surface area (Å²) in [5, 5.41) is 0.268. The zero-order valence-corrected chi connectivity index (χ0v) is 9.06. The van der Waals surface area contributed by atoms with Crippen LogP contribution in [-0.2, 0) is 5.75 Å². The topological polar surface area (TPSA) is 38.9 Å². The molecule has 2 heterocycles. The molecule has 0 aliphatic heterocycles. The summed E-state index contributed by atoms with van der Waals surface area (Å²) in [5.41, 5.74) is 0. The molecule has 0 aromatic carbocycles. The van der Waals surface area contributed by atoms with Crippen molar-refractivity contribution in [2.45, 2.75) is 10.8 Å². The molecule has 0 aliphatic rings. The van der Waals surface area contributed by atoms with Crippen LogP contribution in [0.4, 0.5) is 4.39 Å². The highest BCUT2D eigenvalue weighted by Gasteiger charge is 2.07. The van der Waals surface area contributed by atoms with Crippen molar-refractivity contribution in [3.63, 3.8) is 0 Å². The number of halogens is 2. The summed E-state index contributed by atoms with van der Waals surface area (Å²) in [6.45, 7) is 0. The average molecular weight is 245 g/mol. The SMILES string of the molecule is Fc1cnc(Cl)nc1SCc1ccco1. The van der Waals surface area contributed by atoms with Gasteiger partial charge >= 0.3 is 0 Å². The van der Waals surface area contributed by atoms with Crippen molar-refractivity contribution in [1.29, 1.82) is 0 Å². The molecule has 0 unspecified atom stereocenters. The van der Waals surface area contributed by atoms with Crippen LogP contribution in [0.2, 0.25) is 5.28 Å². The molecule has 0 saturated heterocycles. The maximum Gasteiger partial charge on any atom is 0.223 e. The maximum absolute atomic E-state index is 13.2. The van der Waals surface area contributed by atoms with E-state index in [0.29, 0.717) is 5.75 Å². The van der Waals surface area contributed by atoms with Crippen molar-refractivity contribution in [3.8, 4) is 0 Å². The quantitative estimate of drug-likeness (QED) is 0.472. The molecule has 78 valence electrons. The lowest BCUT2D eigenvalue weighted by atomic mass is 10.5. The summed E-state index contributed by atoms with van der Waals surface area (Å²) in [4.78, 5) is 7.30. The minimum Gasteiger partial charge on any atom is -0.468 e. The lowest BCUT2D eigenvalue weighted by molar-refractivity contribution is 0.529. The van der Waals surface area contributed by atoms with Crippen molar-refractivity contribution in [3.05, 3.63) is 41.5 Å². The first-order valence-electron chi connectivity index (χ1n) is 4.09. The number of nitrogens with zero attached hydrogens (tertiary/aromatic N) is 2. The summed E-state index contributed by atoms with van der Waals surface area (Å²) < 4.78 is 18.3. The second kappa shape index (κ2) is 4.63. The molecule has 0 N–H and O–H groups in total. The van der Waals surface area contributed by atoms with E-state index in [0.717, 1.165) is 12.0 Å². The number of thioether (sulfide) groups is 1. The van der Waals surface area contributed by atoms with E-state index in [1.54, 1.807) is 12.3 Å². The number of hydrogen-bond acceptors (Lipinski definition) is 4. The second-order valence-corrected chi connectivity index (χ2v) is 3.96. The van der Waals surface area contributed by atoms with Crippen LogP contribution in [0.25, 0.3) is 0 Å². The Labute approximate surface area is 94.7 Å². The summed E-state index contributed by atoms with van der Waals surface area (Å²) in [7, 11) is 0. The molecule has 0 spiro atoms. The summed E-state index contributed by atoms with van der Waals surface area (Å²) in [6, 6.07) is 3.59. The Balaban J connectivity index is 2.07. The Morgan fingerprint density at radius 3 is 3.13 bits per heavy atom. The molecule has 0 radical (unpaired) electrons. The van der Waals surface area contributed by atoms with Crippen LogP contribution in [-0.4, -0.2) is 9.97 Å². The summed E-state index contributed by atoms with van der Waals surface area (Å²) >= 11 is 6.77. The lowest BCUT2D eigenvalue weighted by Crippen LogP contribution is -1.90. The van der Waals surface area contributed by atoms with Crippen molar-refractivity contribution >= 4 is 23.4 Å². The number of aromatic nitrogens is 2. The molecule has 2 rings (SSSR count). The molecule has 6 heteroatoms. The van der Waals surface area contributed by atoms with Crippen LogP contribution < -0.4 is 0 Å². The average Bonchev–Trinajstić information content (AvgIpc) is 2.72. The van der Waals surface area contributed by atoms with Crippen molar-refractivity contribution in [1.82, 2.24) is 9.97 Å². The molecule has 0 bridgehead atoms. The zero-order chi connectivity index (χ0) is 10.7. The predicted octanol–water partition coefficient (Wildman–Crippen LogP) is 3.15. The van der Waals surface area contributed by atoms with Crippen molar-refractivity contribution in [2.75, 3.05) is 0 Å². The molecule has 2 aromatic rings. The van der Waals surface area contributed by atoms with Gasteiger partial charge in [0.2, 0.25) is 5.28 Å². The van der Waals surface area contributed by atoms with E-state index in [1.807, 2.05) is 6.07 Å². The van der Waals surface area contributed by atoms with E-state index < -0.39 is 5.82 Å². The molecular formula is C9H6ClFN2OS. The number of furan rings is 1. The monoisotopic (exact) mass is 244 g/mol. The Hall–Kier alpha value is -1.07. The third-order valence-corrected chi connectivity index (χ3v) is 2.78. The van der Waals surface area contributed by atoms with Gasteiger partial charge in [-0.1, -0.05) is 11.8 Å².